The highest BCUT2D eigenvalue weighted by Gasteiger charge is 2.13. The molecule has 1 aliphatic carbocycles. The highest BCUT2D eigenvalue weighted by molar-refractivity contribution is 5.36. The van der Waals surface area contributed by atoms with Gasteiger partial charge in [0.25, 0.3) is 0 Å². The SMILES string of the molecule is Cc1noc(CCNC(C)c2ccc3c(c2)CCC3)n1. The number of aromatic nitrogens is 2. The summed E-state index contributed by atoms with van der Waals surface area (Å²) in [5.74, 6) is 1.41. The molecule has 1 aliphatic rings. The fourth-order valence-electron chi connectivity index (χ4n) is 2.82. The van der Waals surface area contributed by atoms with Gasteiger partial charge in [0.1, 0.15) is 0 Å². The summed E-state index contributed by atoms with van der Waals surface area (Å²) in [6.07, 6.45) is 4.55. The second-order valence-corrected chi connectivity index (χ2v) is 5.54. The van der Waals surface area contributed by atoms with Crippen molar-refractivity contribution in [1.29, 1.82) is 0 Å². The summed E-state index contributed by atoms with van der Waals surface area (Å²) in [6.45, 7) is 4.89. The number of benzene rings is 1. The first-order chi connectivity index (χ1) is 9.72. The van der Waals surface area contributed by atoms with E-state index in [1.165, 1.54) is 36.0 Å². The number of hydrogen-bond acceptors (Lipinski definition) is 4. The fourth-order valence-corrected chi connectivity index (χ4v) is 2.82. The highest BCUT2D eigenvalue weighted by Crippen LogP contribution is 2.25. The predicted octanol–water partition coefficient (Wildman–Crippen LogP) is 2.76. The molecule has 0 fully saturated rings. The molecule has 3 rings (SSSR count). The normalized spacial score (nSPS) is 15.3. The molecule has 1 atom stereocenters. The molecule has 106 valence electrons. The van der Waals surface area contributed by atoms with Gasteiger partial charge in [0, 0.05) is 19.0 Å². The van der Waals surface area contributed by atoms with E-state index in [1.54, 1.807) is 0 Å². The molecule has 4 heteroatoms. The van der Waals surface area contributed by atoms with Gasteiger partial charge in [-0.3, -0.25) is 0 Å². The molecule has 0 radical (unpaired) electrons. The Bertz CT molecular complexity index is 591. The van der Waals surface area contributed by atoms with Crippen LogP contribution in [0.4, 0.5) is 0 Å². The molecular weight excluding hydrogens is 250 g/mol. The minimum Gasteiger partial charge on any atom is -0.339 e. The average Bonchev–Trinajstić information content (AvgIpc) is 3.06. The van der Waals surface area contributed by atoms with E-state index >= 15 is 0 Å². The van der Waals surface area contributed by atoms with Crippen molar-refractivity contribution < 1.29 is 4.52 Å². The maximum atomic E-state index is 5.11. The van der Waals surface area contributed by atoms with Gasteiger partial charge in [-0.05, 0) is 49.8 Å². The van der Waals surface area contributed by atoms with Crippen LogP contribution in [0.3, 0.4) is 0 Å². The predicted molar refractivity (Wildman–Crippen MR) is 77.6 cm³/mol. The molecule has 1 heterocycles. The molecule has 2 aromatic rings. The zero-order valence-corrected chi connectivity index (χ0v) is 12.1. The fraction of sp³-hybridized carbons (Fsp3) is 0.500. The summed E-state index contributed by atoms with van der Waals surface area (Å²) in [4.78, 5) is 4.21. The Morgan fingerprint density at radius 1 is 1.30 bits per heavy atom. The molecule has 0 saturated carbocycles. The molecule has 0 bridgehead atoms. The van der Waals surface area contributed by atoms with Crippen LogP contribution in [0.15, 0.2) is 22.7 Å². The quantitative estimate of drug-likeness (QED) is 0.908. The highest BCUT2D eigenvalue weighted by atomic mass is 16.5. The topological polar surface area (TPSA) is 51.0 Å². The summed E-state index contributed by atoms with van der Waals surface area (Å²) in [5.41, 5.74) is 4.43. The molecule has 0 aliphatic heterocycles. The summed E-state index contributed by atoms with van der Waals surface area (Å²) >= 11 is 0. The summed E-state index contributed by atoms with van der Waals surface area (Å²) in [7, 11) is 0. The van der Waals surface area contributed by atoms with Gasteiger partial charge >= 0.3 is 0 Å². The molecule has 4 nitrogen and oxygen atoms in total. The van der Waals surface area contributed by atoms with E-state index in [1.807, 2.05) is 6.92 Å². The van der Waals surface area contributed by atoms with E-state index in [0.717, 1.165) is 13.0 Å². The zero-order chi connectivity index (χ0) is 13.9. The Kier molecular flexibility index (Phi) is 3.83. The molecule has 1 N–H and O–H groups in total. The third-order valence-corrected chi connectivity index (χ3v) is 3.98. The minimum atomic E-state index is 0.352. The van der Waals surface area contributed by atoms with E-state index in [4.69, 9.17) is 4.52 Å². The van der Waals surface area contributed by atoms with Gasteiger partial charge in [-0.2, -0.15) is 4.98 Å². The van der Waals surface area contributed by atoms with Gasteiger partial charge in [0.2, 0.25) is 5.89 Å². The second kappa shape index (κ2) is 5.75. The lowest BCUT2D eigenvalue weighted by Crippen LogP contribution is -2.21. The van der Waals surface area contributed by atoms with Crippen LogP contribution in [0.5, 0.6) is 0 Å². The van der Waals surface area contributed by atoms with Gasteiger partial charge in [0.15, 0.2) is 5.82 Å². The largest absolute Gasteiger partial charge is 0.339 e. The van der Waals surface area contributed by atoms with E-state index < -0.39 is 0 Å². The van der Waals surface area contributed by atoms with Crippen LogP contribution in [-0.4, -0.2) is 16.7 Å². The Balaban J connectivity index is 1.55. The van der Waals surface area contributed by atoms with Crippen molar-refractivity contribution in [1.82, 2.24) is 15.5 Å². The third kappa shape index (κ3) is 2.90. The Labute approximate surface area is 119 Å². The number of nitrogens with zero attached hydrogens (tertiary/aromatic N) is 2. The van der Waals surface area contributed by atoms with Gasteiger partial charge in [-0.1, -0.05) is 23.4 Å². The molecule has 0 spiro atoms. The average molecular weight is 271 g/mol. The van der Waals surface area contributed by atoms with E-state index in [0.29, 0.717) is 17.8 Å². The van der Waals surface area contributed by atoms with Crippen molar-refractivity contribution in [3.8, 4) is 0 Å². The zero-order valence-electron chi connectivity index (χ0n) is 12.1. The van der Waals surface area contributed by atoms with Gasteiger partial charge in [-0.25, -0.2) is 0 Å². The lowest BCUT2D eigenvalue weighted by Gasteiger charge is -2.15. The third-order valence-electron chi connectivity index (χ3n) is 3.98. The van der Waals surface area contributed by atoms with Crippen molar-refractivity contribution in [3.05, 3.63) is 46.6 Å². The Morgan fingerprint density at radius 3 is 2.95 bits per heavy atom. The van der Waals surface area contributed by atoms with Crippen molar-refractivity contribution in [2.24, 2.45) is 0 Å². The maximum Gasteiger partial charge on any atom is 0.227 e. The molecule has 1 aromatic carbocycles. The number of aryl methyl sites for hydroxylation is 3. The first-order valence-electron chi connectivity index (χ1n) is 7.36. The van der Waals surface area contributed by atoms with Gasteiger partial charge in [-0.15, -0.1) is 0 Å². The van der Waals surface area contributed by atoms with Crippen LogP contribution in [0.25, 0.3) is 0 Å². The van der Waals surface area contributed by atoms with Crippen LogP contribution in [0.1, 0.15) is 47.8 Å². The van der Waals surface area contributed by atoms with Gasteiger partial charge < -0.3 is 9.84 Å². The summed E-state index contributed by atoms with van der Waals surface area (Å²) in [5, 5.41) is 7.32. The van der Waals surface area contributed by atoms with Crippen LogP contribution < -0.4 is 5.32 Å². The lowest BCUT2D eigenvalue weighted by molar-refractivity contribution is 0.370. The number of fused-ring (bicyclic) bond motifs is 1. The molecule has 1 aromatic heterocycles. The van der Waals surface area contributed by atoms with Gasteiger partial charge in [0.05, 0.1) is 0 Å². The Morgan fingerprint density at radius 2 is 2.15 bits per heavy atom. The second-order valence-electron chi connectivity index (χ2n) is 5.54. The van der Waals surface area contributed by atoms with E-state index in [-0.39, 0.29) is 0 Å². The van der Waals surface area contributed by atoms with Crippen LogP contribution in [-0.2, 0) is 19.3 Å². The maximum absolute atomic E-state index is 5.11. The molecule has 1 unspecified atom stereocenters. The molecule has 0 saturated heterocycles. The summed E-state index contributed by atoms with van der Waals surface area (Å²) < 4.78 is 5.11. The number of nitrogens with one attached hydrogen (secondary N) is 1. The smallest absolute Gasteiger partial charge is 0.227 e. The van der Waals surface area contributed by atoms with Crippen LogP contribution >= 0.6 is 0 Å². The van der Waals surface area contributed by atoms with Crippen molar-refractivity contribution in [2.75, 3.05) is 6.54 Å². The molecule has 20 heavy (non-hydrogen) atoms. The molecule has 0 amide bonds. The minimum absolute atomic E-state index is 0.352. The first-order valence-corrected chi connectivity index (χ1v) is 7.36. The van der Waals surface area contributed by atoms with Crippen molar-refractivity contribution in [3.63, 3.8) is 0 Å². The monoisotopic (exact) mass is 271 g/mol. The lowest BCUT2D eigenvalue weighted by atomic mass is 10.0. The number of hydrogen-bond donors (Lipinski definition) is 1. The van der Waals surface area contributed by atoms with E-state index in [9.17, 15) is 0 Å². The van der Waals surface area contributed by atoms with Crippen molar-refractivity contribution in [2.45, 2.75) is 45.6 Å². The van der Waals surface area contributed by atoms with Crippen molar-refractivity contribution >= 4 is 0 Å². The molecular formula is C16H21N3O. The van der Waals surface area contributed by atoms with E-state index in [2.05, 4.69) is 40.6 Å². The standard InChI is InChI=1S/C16H21N3O/c1-11(17-9-8-16-18-12(2)19-20-16)14-7-6-13-4-3-5-15(13)10-14/h6-7,10-11,17H,3-5,8-9H2,1-2H3. The first kappa shape index (κ1) is 13.3. The van der Waals surface area contributed by atoms with Crippen LogP contribution in [0.2, 0.25) is 0 Å². The van der Waals surface area contributed by atoms with Crippen LogP contribution in [0, 0.1) is 6.92 Å². The number of rotatable bonds is 5. The Hall–Kier alpha value is -1.68. The summed E-state index contributed by atoms with van der Waals surface area (Å²) in [6, 6.07) is 7.25.